The Morgan fingerprint density at radius 2 is 1.61 bits per heavy atom. The van der Waals surface area contributed by atoms with Crippen molar-refractivity contribution in [3.8, 4) is 0 Å². The molecule has 4 atom stereocenters. The largest absolute Gasteiger partial charge is 0.481 e. The third-order valence-corrected chi connectivity index (χ3v) is 7.18. The summed E-state index contributed by atoms with van der Waals surface area (Å²) in [5.74, 6) is -4.74. The molecule has 41 heavy (non-hydrogen) atoms. The molecule has 0 radical (unpaired) electrons. The molecule has 3 amide bonds. The molecule has 1 aliphatic rings. The lowest BCUT2D eigenvalue weighted by Crippen LogP contribution is -2.58. The number of nitrogens with zero attached hydrogens (tertiary/aromatic N) is 1. The molecule has 0 bridgehead atoms. The van der Waals surface area contributed by atoms with Crippen LogP contribution in [0.4, 0.5) is 0 Å². The Kier molecular flexibility index (Phi) is 9.35. The number of carbonyl (C=O) groups excluding carboxylic acids is 3. The van der Waals surface area contributed by atoms with E-state index >= 15 is 0 Å². The number of carboxylic acid groups (broad SMARTS) is 2. The van der Waals surface area contributed by atoms with Crippen molar-refractivity contribution in [2.45, 2.75) is 56.3 Å². The van der Waals surface area contributed by atoms with Crippen LogP contribution in [0.25, 0.3) is 10.9 Å². The highest BCUT2D eigenvalue weighted by Gasteiger charge is 2.39. The first-order valence-corrected chi connectivity index (χ1v) is 13.3. The topological polar surface area (TPSA) is 195 Å². The fourth-order valence-electron chi connectivity index (χ4n) is 5.10. The van der Waals surface area contributed by atoms with Gasteiger partial charge >= 0.3 is 11.9 Å². The molecule has 1 fully saturated rings. The van der Waals surface area contributed by atoms with E-state index in [0.717, 1.165) is 21.4 Å². The zero-order chi connectivity index (χ0) is 29.5. The number of H-pyrrole nitrogens is 1. The SMILES string of the molecule is NC(Cc1ccccc1)C(=O)NC(Cc1c[nH]c2ccccc12)C(=O)NC(CC(=O)O)C(=O)N1CCCC1C(=O)O. The number of hydrogen-bond donors (Lipinski definition) is 6. The summed E-state index contributed by atoms with van der Waals surface area (Å²) in [6, 6.07) is 11.7. The molecule has 4 rings (SSSR count). The standard InChI is InChI=1S/C29H33N5O7/c30-20(13-17-7-2-1-3-8-17)26(37)32-22(14-18-16-31-21-10-5-4-9-19(18)21)27(38)33-23(15-25(35)36)28(39)34-12-6-11-24(34)29(40)41/h1-5,7-10,16,20,22-24,31H,6,11-15,30H2,(H,32,37)(H,33,38)(H,35,36)(H,40,41). The highest BCUT2D eigenvalue weighted by Crippen LogP contribution is 2.21. The second-order valence-corrected chi connectivity index (χ2v) is 10.1. The maximum absolute atomic E-state index is 13.6. The molecule has 1 aromatic heterocycles. The molecular formula is C29H33N5O7. The number of nitrogens with two attached hydrogens (primary N) is 1. The van der Waals surface area contributed by atoms with Crippen LogP contribution in [0.3, 0.4) is 0 Å². The van der Waals surface area contributed by atoms with Crippen molar-refractivity contribution >= 4 is 40.6 Å². The van der Waals surface area contributed by atoms with Crippen molar-refractivity contribution in [2.24, 2.45) is 5.73 Å². The first kappa shape index (κ1) is 29.3. The Balaban J connectivity index is 1.56. The molecule has 1 aliphatic heterocycles. The van der Waals surface area contributed by atoms with E-state index in [1.807, 2.05) is 54.6 Å². The molecule has 0 aliphatic carbocycles. The summed E-state index contributed by atoms with van der Waals surface area (Å²) in [6.45, 7) is 0.131. The quantitative estimate of drug-likeness (QED) is 0.186. The van der Waals surface area contributed by atoms with Crippen molar-refractivity contribution in [3.63, 3.8) is 0 Å². The van der Waals surface area contributed by atoms with E-state index in [9.17, 15) is 34.2 Å². The molecule has 12 nitrogen and oxygen atoms in total. The van der Waals surface area contributed by atoms with Gasteiger partial charge in [0.15, 0.2) is 0 Å². The lowest BCUT2D eigenvalue weighted by Gasteiger charge is -2.28. The Morgan fingerprint density at radius 3 is 2.32 bits per heavy atom. The maximum Gasteiger partial charge on any atom is 0.326 e. The van der Waals surface area contributed by atoms with Crippen molar-refractivity contribution in [3.05, 3.63) is 71.9 Å². The molecule has 0 saturated carbocycles. The molecule has 216 valence electrons. The van der Waals surface area contributed by atoms with Gasteiger partial charge in [0.25, 0.3) is 0 Å². The number of aromatic nitrogens is 1. The van der Waals surface area contributed by atoms with Gasteiger partial charge in [-0.05, 0) is 36.5 Å². The number of para-hydroxylation sites is 1. The fourth-order valence-corrected chi connectivity index (χ4v) is 5.10. The first-order valence-electron chi connectivity index (χ1n) is 13.3. The van der Waals surface area contributed by atoms with E-state index in [-0.39, 0.29) is 25.8 Å². The highest BCUT2D eigenvalue weighted by atomic mass is 16.4. The number of benzene rings is 2. The molecule has 0 spiro atoms. The van der Waals surface area contributed by atoms with E-state index in [4.69, 9.17) is 5.73 Å². The van der Waals surface area contributed by atoms with E-state index < -0.39 is 60.2 Å². The van der Waals surface area contributed by atoms with Gasteiger partial charge in [0.05, 0.1) is 12.5 Å². The van der Waals surface area contributed by atoms with Crippen molar-refractivity contribution in [1.29, 1.82) is 0 Å². The summed E-state index contributed by atoms with van der Waals surface area (Å²) in [5.41, 5.74) is 8.52. The van der Waals surface area contributed by atoms with Crippen LogP contribution in [0.2, 0.25) is 0 Å². The number of hydrogen-bond acceptors (Lipinski definition) is 6. The van der Waals surface area contributed by atoms with Crippen LogP contribution in [-0.4, -0.2) is 80.5 Å². The number of fused-ring (bicyclic) bond motifs is 1. The number of amides is 3. The van der Waals surface area contributed by atoms with Gasteiger partial charge in [-0.15, -0.1) is 0 Å². The second-order valence-electron chi connectivity index (χ2n) is 10.1. The molecule has 2 heterocycles. The molecule has 7 N–H and O–H groups in total. The summed E-state index contributed by atoms with van der Waals surface area (Å²) in [7, 11) is 0. The second kappa shape index (κ2) is 13.1. The number of carbonyl (C=O) groups is 5. The molecular weight excluding hydrogens is 530 g/mol. The third kappa shape index (κ3) is 7.28. The summed E-state index contributed by atoms with van der Waals surface area (Å²) in [4.78, 5) is 67.4. The van der Waals surface area contributed by atoms with Crippen molar-refractivity contribution < 1.29 is 34.2 Å². The summed E-state index contributed by atoms with van der Waals surface area (Å²) < 4.78 is 0. The maximum atomic E-state index is 13.6. The molecule has 4 unspecified atom stereocenters. The predicted octanol–water partition coefficient (Wildman–Crippen LogP) is 0.800. The molecule has 12 heteroatoms. The Labute approximate surface area is 235 Å². The first-order chi connectivity index (χ1) is 19.6. The van der Waals surface area contributed by atoms with Gasteiger partial charge in [-0.1, -0.05) is 48.5 Å². The van der Waals surface area contributed by atoms with Crippen molar-refractivity contribution in [1.82, 2.24) is 20.5 Å². The van der Waals surface area contributed by atoms with Gasteiger partial charge < -0.3 is 36.5 Å². The Morgan fingerprint density at radius 1 is 0.927 bits per heavy atom. The van der Waals surface area contributed by atoms with Crippen LogP contribution in [0, 0.1) is 0 Å². The van der Waals surface area contributed by atoms with E-state index in [1.54, 1.807) is 6.20 Å². The number of aromatic amines is 1. The summed E-state index contributed by atoms with van der Waals surface area (Å²) in [6.07, 6.45) is 1.87. The summed E-state index contributed by atoms with van der Waals surface area (Å²) >= 11 is 0. The third-order valence-electron chi connectivity index (χ3n) is 7.18. The predicted molar refractivity (Wildman–Crippen MR) is 149 cm³/mol. The Bertz CT molecular complexity index is 1420. The van der Waals surface area contributed by atoms with Gasteiger partial charge in [0.1, 0.15) is 18.1 Å². The number of nitrogens with one attached hydrogen (secondary N) is 3. The van der Waals surface area contributed by atoms with E-state index in [2.05, 4.69) is 15.6 Å². The minimum atomic E-state index is -1.53. The van der Waals surface area contributed by atoms with Crippen LogP contribution in [-0.2, 0) is 36.8 Å². The minimum Gasteiger partial charge on any atom is -0.481 e. The summed E-state index contributed by atoms with van der Waals surface area (Å²) in [5, 5.41) is 24.9. The van der Waals surface area contributed by atoms with Crippen LogP contribution < -0.4 is 16.4 Å². The van der Waals surface area contributed by atoms with Gasteiger partial charge in [-0.2, -0.15) is 0 Å². The van der Waals surface area contributed by atoms with Gasteiger partial charge in [-0.25, -0.2) is 4.79 Å². The van der Waals surface area contributed by atoms with Crippen LogP contribution in [0.15, 0.2) is 60.8 Å². The van der Waals surface area contributed by atoms with Crippen molar-refractivity contribution in [2.75, 3.05) is 6.54 Å². The minimum absolute atomic E-state index is 0.0229. The average molecular weight is 564 g/mol. The van der Waals surface area contributed by atoms with Crippen LogP contribution in [0.1, 0.15) is 30.4 Å². The molecule has 2 aromatic carbocycles. The van der Waals surface area contributed by atoms with Crippen LogP contribution in [0.5, 0.6) is 0 Å². The van der Waals surface area contributed by atoms with Gasteiger partial charge in [0, 0.05) is 30.1 Å². The normalized spacial score (nSPS) is 17.0. The number of aliphatic carboxylic acids is 2. The zero-order valence-electron chi connectivity index (χ0n) is 22.3. The molecule has 3 aromatic rings. The average Bonchev–Trinajstić information content (AvgIpc) is 3.60. The Hall–Kier alpha value is -4.71. The highest BCUT2D eigenvalue weighted by molar-refractivity contribution is 5.96. The monoisotopic (exact) mass is 563 g/mol. The lowest BCUT2D eigenvalue weighted by molar-refractivity contribution is -0.150. The van der Waals surface area contributed by atoms with Crippen LogP contribution >= 0.6 is 0 Å². The fraction of sp³-hybridized carbons (Fsp3) is 0.345. The molecule has 1 saturated heterocycles. The van der Waals surface area contributed by atoms with Gasteiger partial charge in [0.2, 0.25) is 17.7 Å². The lowest BCUT2D eigenvalue weighted by atomic mass is 10.0. The number of likely N-dealkylation sites (tertiary alicyclic amines) is 1. The number of rotatable bonds is 12. The van der Waals surface area contributed by atoms with E-state index in [1.165, 1.54) is 0 Å². The van der Waals surface area contributed by atoms with E-state index in [0.29, 0.717) is 12.0 Å². The van der Waals surface area contributed by atoms with Gasteiger partial charge in [-0.3, -0.25) is 19.2 Å². The smallest absolute Gasteiger partial charge is 0.326 e. The number of carboxylic acids is 2. The zero-order valence-corrected chi connectivity index (χ0v) is 22.3.